The molecular formula is C5H6O5. The van der Waals surface area contributed by atoms with Crippen molar-refractivity contribution in [2.24, 2.45) is 0 Å². The molecule has 0 aromatic rings. The lowest BCUT2D eigenvalue weighted by Gasteiger charge is -1.91. The molecule has 0 radical (unpaired) electrons. The van der Waals surface area contributed by atoms with Gasteiger partial charge in [0, 0.05) is 6.08 Å². The fourth-order valence-corrected chi connectivity index (χ4v) is 0.324. The second kappa shape index (κ2) is 3.62. The Morgan fingerprint density at radius 2 is 1.80 bits per heavy atom. The summed E-state index contributed by atoms with van der Waals surface area (Å²) in [4.78, 5) is 19.8. The molecule has 0 amide bonds. The van der Waals surface area contributed by atoms with E-state index in [9.17, 15) is 9.59 Å². The number of aliphatic hydroxyl groups excluding tert-OH is 1. The van der Waals surface area contributed by atoms with E-state index in [-0.39, 0.29) is 0 Å². The number of rotatable bonds is 3. The van der Waals surface area contributed by atoms with Crippen molar-refractivity contribution in [2.75, 3.05) is 6.61 Å². The summed E-state index contributed by atoms with van der Waals surface area (Å²) in [7, 11) is 0. The van der Waals surface area contributed by atoms with Crippen molar-refractivity contribution < 1.29 is 24.9 Å². The molecule has 0 aliphatic heterocycles. The minimum absolute atomic E-state index is 0.447. The van der Waals surface area contributed by atoms with Gasteiger partial charge in [0.25, 0.3) is 0 Å². The highest BCUT2D eigenvalue weighted by Crippen LogP contribution is 1.91. The molecule has 3 N–H and O–H groups in total. The SMILES string of the molecule is O=C(O)C=C(CO)C(=O)O. The van der Waals surface area contributed by atoms with Crippen LogP contribution in [0.4, 0.5) is 0 Å². The van der Waals surface area contributed by atoms with Crippen LogP contribution in [0.3, 0.4) is 0 Å². The Bertz CT molecular complexity index is 180. The monoisotopic (exact) mass is 146 g/mol. The Balaban J connectivity index is 4.34. The van der Waals surface area contributed by atoms with Crippen molar-refractivity contribution in [1.82, 2.24) is 0 Å². The van der Waals surface area contributed by atoms with Crippen LogP contribution >= 0.6 is 0 Å². The van der Waals surface area contributed by atoms with Crippen LogP contribution in [0.15, 0.2) is 11.6 Å². The van der Waals surface area contributed by atoms with Crippen molar-refractivity contribution in [3.05, 3.63) is 11.6 Å². The third kappa shape index (κ3) is 2.83. The summed E-state index contributed by atoms with van der Waals surface area (Å²) in [5.74, 6) is -2.81. The van der Waals surface area contributed by atoms with E-state index < -0.39 is 24.1 Å². The normalized spacial score (nSPS) is 11.1. The number of carboxylic acids is 2. The second-order valence-electron chi connectivity index (χ2n) is 1.47. The molecule has 0 heterocycles. The van der Waals surface area contributed by atoms with Crippen LogP contribution in [0.5, 0.6) is 0 Å². The van der Waals surface area contributed by atoms with Gasteiger partial charge in [-0.3, -0.25) is 0 Å². The summed E-state index contributed by atoms with van der Waals surface area (Å²) in [6.45, 7) is -0.776. The van der Waals surface area contributed by atoms with E-state index >= 15 is 0 Å². The van der Waals surface area contributed by atoms with Crippen molar-refractivity contribution >= 4 is 11.9 Å². The minimum Gasteiger partial charge on any atom is -0.478 e. The highest BCUT2D eigenvalue weighted by atomic mass is 16.4. The van der Waals surface area contributed by atoms with Crippen molar-refractivity contribution in [2.45, 2.75) is 0 Å². The first-order chi connectivity index (χ1) is 4.57. The van der Waals surface area contributed by atoms with E-state index in [1.165, 1.54) is 0 Å². The summed E-state index contributed by atoms with van der Waals surface area (Å²) in [6.07, 6.45) is 0.447. The number of hydrogen-bond acceptors (Lipinski definition) is 3. The molecule has 10 heavy (non-hydrogen) atoms. The lowest BCUT2D eigenvalue weighted by molar-refractivity contribution is -0.135. The molecule has 0 bridgehead atoms. The van der Waals surface area contributed by atoms with E-state index in [0.29, 0.717) is 6.08 Å². The summed E-state index contributed by atoms with van der Waals surface area (Å²) in [5.41, 5.74) is -0.535. The van der Waals surface area contributed by atoms with E-state index in [0.717, 1.165) is 0 Å². The standard InChI is InChI=1S/C5H6O5/c6-2-3(5(9)10)1-4(7)8/h1,6H,2H2,(H,7,8)(H,9,10). The van der Waals surface area contributed by atoms with E-state index in [4.69, 9.17) is 15.3 Å². The molecular weight excluding hydrogens is 140 g/mol. The average molecular weight is 146 g/mol. The lowest BCUT2D eigenvalue weighted by atomic mass is 10.3. The van der Waals surface area contributed by atoms with Gasteiger partial charge < -0.3 is 15.3 Å². The fraction of sp³-hybridized carbons (Fsp3) is 0.200. The number of aliphatic hydroxyl groups is 1. The molecule has 0 saturated heterocycles. The lowest BCUT2D eigenvalue weighted by Crippen LogP contribution is -2.07. The van der Waals surface area contributed by atoms with Crippen LogP contribution in [0.25, 0.3) is 0 Å². The van der Waals surface area contributed by atoms with Crippen LogP contribution in [-0.2, 0) is 9.59 Å². The maximum Gasteiger partial charge on any atom is 0.334 e. The number of hydrogen-bond donors (Lipinski definition) is 3. The predicted molar refractivity (Wildman–Crippen MR) is 30.4 cm³/mol. The maximum atomic E-state index is 9.97. The first kappa shape index (κ1) is 8.64. The molecule has 0 saturated carbocycles. The molecule has 0 atom stereocenters. The quantitative estimate of drug-likeness (QED) is 0.447. The van der Waals surface area contributed by atoms with E-state index in [2.05, 4.69) is 0 Å². The maximum absolute atomic E-state index is 9.97. The topological polar surface area (TPSA) is 94.8 Å². The number of aliphatic carboxylic acids is 2. The zero-order valence-corrected chi connectivity index (χ0v) is 4.94. The molecule has 5 heteroatoms. The zero-order valence-electron chi connectivity index (χ0n) is 4.94. The van der Waals surface area contributed by atoms with Gasteiger partial charge in [-0.1, -0.05) is 0 Å². The summed E-state index contributed by atoms with van der Waals surface area (Å²) in [5, 5.41) is 24.4. The van der Waals surface area contributed by atoms with Crippen molar-refractivity contribution in [3.8, 4) is 0 Å². The Morgan fingerprint density at radius 1 is 1.30 bits per heavy atom. The predicted octanol–water partition coefficient (Wildman–Crippen LogP) is -0.926. The van der Waals surface area contributed by atoms with Gasteiger partial charge in [0.2, 0.25) is 0 Å². The third-order valence-electron chi connectivity index (χ3n) is 0.743. The molecule has 0 aliphatic rings. The highest BCUT2D eigenvalue weighted by molar-refractivity contribution is 5.94. The van der Waals surface area contributed by atoms with Crippen LogP contribution in [0.2, 0.25) is 0 Å². The van der Waals surface area contributed by atoms with Crippen LogP contribution < -0.4 is 0 Å². The molecule has 0 rings (SSSR count). The van der Waals surface area contributed by atoms with Gasteiger partial charge in [0.15, 0.2) is 0 Å². The number of carboxylic acid groups (broad SMARTS) is 2. The Kier molecular flexibility index (Phi) is 3.13. The molecule has 0 unspecified atom stereocenters. The summed E-state index contributed by atoms with van der Waals surface area (Å²) in [6, 6.07) is 0. The third-order valence-corrected chi connectivity index (χ3v) is 0.743. The van der Waals surface area contributed by atoms with E-state index in [1.807, 2.05) is 0 Å². The van der Waals surface area contributed by atoms with Gasteiger partial charge in [-0.15, -0.1) is 0 Å². The van der Waals surface area contributed by atoms with Crippen molar-refractivity contribution in [1.29, 1.82) is 0 Å². The van der Waals surface area contributed by atoms with E-state index in [1.54, 1.807) is 0 Å². The molecule has 0 aromatic heterocycles. The minimum atomic E-state index is -1.43. The Labute approximate surface area is 56.2 Å². The van der Waals surface area contributed by atoms with Crippen LogP contribution in [0, 0.1) is 0 Å². The summed E-state index contributed by atoms with van der Waals surface area (Å²) < 4.78 is 0. The van der Waals surface area contributed by atoms with Gasteiger partial charge in [0.05, 0.1) is 12.2 Å². The molecule has 0 aliphatic carbocycles. The number of carbonyl (C=O) groups is 2. The molecule has 0 fully saturated rings. The fourth-order valence-electron chi connectivity index (χ4n) is 0.324. The van der Waals surface area contributed by atoms with Gasteiger partial charge in [0.1, 0.15) is 0 Å². The largest absolute Gasteiger partial charge is 0.478 e. The smallest absolute Gasteiger partial charge is 0.334 e. The first-order valence-corrected chi connectivity index (χ1v) is 2.35. The highest BCUT2D eigenvalue weighted by Gasteiger charge is 2.06. The molecule has 0 spiro atoms. The average Bonchev–Trinajstić information content (AvgIpc) is 1.81. The van der Waals surface area contributed by atoms with Gasteiger partial charge in [-0.2, -0.15) is 0 Å². The Morgan fingerprint density at radius 3 is 1.90 bits per heavy atom. The summed E-state index contributed by atoms with van der Waals surface area (Å²) >= 11 is 0. The molecule has 5 nitrogen and oxygen atoms in total. The Hall–Kier alpha value is -1.36. The van der Waals surface area contributed by atoms with Gasteiger partial charge in [-0.05, 0) is 0 Å². The van der Waals surface area contributed by atoms with Crippen LogP contribution in [0.1, 0.15) is 0 Å². The van der Waals surface area contributed by atoms with Gasteiger partial charge in [-0.25, -0.2) is 9.59 Å². The zero-order chi connectivity index (χ0) is 8.15. The molecule has 0 aromatic carbocycles. The molecule has 56 valence electrons. The second-order valence-corrected chi connectivity index (χ2v) is 1.47. The van der Waals surface area contributed by atoms with Crippen molar-refractivity contribution in [3.63, 3.8) is 0 Å². The van der Waals surface area contributed by atoms with Crippen LogP contribution in [-0.4, -0.2) is 33.9 Å². The first-order valence-electron chi connectivity index (χ1n) is 2.35. The van der Waals surface area contributed by atoms with Gasteiger partial charge >= 0.3 is 11.9 Å².